The summed E-state index contributed by atoms with van der Waals surface area (Å²) in [5.41, 5.74) is 1.07. The molecule has 2 nitrogen and oxygen atoms in total. The maximum Gasteiger partial charge on any atom is 0.0719 e. The summed E-state index contributed by atoms with van der Waals surface area (Å²) in [6.45, 7) is 3.18. The molecule has 0 aliphatic carbocycles. The quantitative estimate of drug-likeness (QED) is 0.737. The zero-order valence-corrected chi connectivity index (χ0v) is 14.7. The molecule has 0 aliphatic heterocycles. The fourth-order valence-electron chi connectivity index (χ4n) is 1.90. The molecule has 102 valence electrons. The summed E-state index contributed by atoms with van der Waals surface area (Å²) in [6, 6.07) is 6.58. The Hall–Kier alpha value is -0.230. The third-order valence-corrected chi connectivity index (χ3v) is 4.76. The van der Waals surface area contributed by atoms with E-state index in [2.05, 4.69) is 72.7 Å². The average Bonchev–Trinajstić information content (AvgIpc) is 2.88. The molecule has 0 spiro atoms. The van der Waals surface area contributed by atoms with Gasteiger partial charge in [-0.15, -0.1) is 11.3 Å². The van der Waals surface area contributed by atoms with Crippen LogP contribution >= 0.6 is 43.2 Å². The first-order chi connectivity index (χ1) is 9.20. The molecule has 1 atom stereocenters. The Morgan fingerprint density at radius 2 is 2.26 bits per heavy atom. The van der Waals surface area contributed by atoms with Gasteiger partial charge in [-0.1, -0.05) is 13.0 Å². The van der Waals surface area contributed by atoms with Crippen molar-refractivity contribution in [2.24, 2.45) is 0 Å². The first-order valence-corrected chi connectivity index (χ1v) is 8.74. The summed E-state index contributed by atoms with van der Waals surface area (Å²) >= 11 is 8.86. The zero-order chi connectivity index (χ0) is 13.7. The number of pyridine rings is 1. The molecule has 0 aliphatic rings. The predicted molar refractivity (Wildman–Crippen MR) is 88.7 cm³/mol. The first kappa shape index (κ1) is 15.2. The molecule has 1 unspecified atom stereocenters. The lowest BCUT2D eigenvalue weighted by Crippen LogP contribution is -2.25. The monoisotopic (exact) mass is 402 g/mol. The summed E-state index contributed by atoms with van der Waals surface area (Å²) in [4.78, 5) is 5.94. The minimum atomic E-state index is 0.251. The van der Waals surface area contributed by atoms with E-state index in [1.54, 1.807) is 11.3 Å². The van der Waals surface area contributed by atoms with Gasteiger partial charge in [-0.05, 0) is 62.3 Å². The van der Waals surface area contributed by atoms with E-state index in [0.29, 0.717) is 0 Å². The van der Waals surface area contributed by atoms with Gasteiger partial charge in [-0.2, -0.15) is 0 Å². The highest BCUT2D eigenvalue weighted by molar-refractivity contribution is 9.11. The van der Waals surface area contributed by atoms with Crippen molar-refractivity contribution in [1.29, 1.82) is 0 Å². The van der Waals surface area contributed by atoms with E-state index in [4.69, 9.17) is 0 Å². The Morgan fingerprint density at radius 1 is 1.42 bits per heavy atom. The van der Waals surface area contributed by atoms with Gasteiger partial charge in [0.15, 0.2) is 0 Å². The molecule has 5 heteroatoms. The van der Waals surface area contributed by atoms with Crippen LogP contribution in [0.1, 0.15) is 30.0 Å². The van der Waals surface area contributed by atoms with Crippen LogP contribution in [0.4, 0.5) is 0 Å². The molecule has 2 aromatic rings. The highest BCUT2D eigenvalue weighted by Gasteiger charge is 2.16. The molecular weight excluding hydrogens is 388 g/mol. The topological polar surface area (TPSA) is 24.9 Å². The van der Waals surface area contributed by atoms with Gasteiger partial charge in [0.1, 0.15) is 0 Å². The summed E-state index contributed by atoms with van der Waals surface area (Å²) < 4.78 is 2.04. The second kappa shape index (κ2) is 7.53. The molecule has 0 amide bonds. The number of rotatable bonds is 6. The van der Waals surface area contributed by atoms with Crippen molar-refractivity contribution >= 4 is 43.2 Å². The normalized spacial score (nSPS) is 12.6. The third-order valence-electron chi connectivity index (χ3n) is 2.79. The molecule has 0 saturated heterocycles. The standard InChI is InChI=1S/C14H16Br2N2S/c1-2-5-17-13(8-11-4-3-6-19-11)14-12(16)7-10(15)9-18-14/h3-4,6-7,9,13,17H,2,5,8H2,1H3. The smallest absolute Gasteiger partial charge is 0.0719 e. The second-order valence-electron chi connectivity index (χ2n) is 4.31. The number of aromatic nitrogens is 1. The summed E-state index contributed by atoms with van der Waals surface area (Å²) in [5, 5.41) is 5.70. The SMILES string of the molecule is CCCNC(Cc1cccs1)c1ncc(Br)cc1Br. The van der Waals surface area contributed by atoms with Crippen LogP contribution in [0.2, 0.25) is 0 Å². The van der Waals surface area contributed by atoms with E-state index in [1.807, 2.05) is 6.20 Å². The molecular formula is C14H16Br2N2S. The lowest BCUT2D eigenvalue weighted by molar-refractivity contribution is 0.518. The van der Waals surface area contributed by atoms with Crippen molar-refractivity contribution in [3.05, 3.63) is 49.3 Å². The summed E-state index contributed by atoms with van der Waals surface area (Å²) in [6.07, 6.45) is 3.95. The van der Waals surface area contributed by atoms with Gasteiger partial charge in [0, 0.05) is 26.4 Å². The van der Waals surface area contributed by atoms with Crippen molar-refractivity contribution < 1.29 is 0 Å². The summed E-state index contributed by atoms with van der Waals surface area (Å²) in [5.74, 6) is 0. The van der Waals surface area contributed by atoms with E-state index in [0.717, 1.165) is 34.0 Å². The van der Waals surface area contributed by atoms with Crippen LogP contribution in [0.15, 0.2) is 38.7 Å². The molecule has 19 heavy (non-hydrogen) atoms. The lowest BCUT2D eigenvalue weighted by atomic mass is 10.1. The van der Waals surface area contributed by atoms with Crippen LogP contribution in [0, 0.1) is 0 Å². The lowest BCUT2D eigenvalue weighted by Gasteiger charge is -2.18. The van der Waals surface area contributed by atoms with E-state index >= 15 is 0 Å². The number of thiophene rings is 1. The fraction of sp³-hybridized carbons (Fsp3) is 0.357. The van der Waals surface area contributed by atoms with Crippen LogP contribution in [0.3, 0.4) is 0 Å². The van der Waals surface area contributed by atoms with Crippen LogP contribution in [0.25, 0.3) is 0 Å². The predicted octanol–water partition coefficient (Wildman–Crippen LogP) is 4.95. The van der Waals surface area contributed by atoms with Crippen LogP contribution in [0.5, 0.6) is 0 Å². The van der Waals surface area contributed by atoms with E-state index < -0.39 is 0 Å². The first-order valence-electron chi connectivity index (χ1n) is 6.27. The van der Waals surface area contributed by atoms with Crippen molar-refractivity contribution in [2.45, 2.75) is 25.8 Å². The molecule has 0 radical (unpaired) electrons. The highest BCUT2D eigenvalue weighted by Crippen LogP contribution is 2.27. The number of halogens is 2. The van der Waals surface area contributed by atoms with Gasteiger partial charge in [0.2, 0.25) is 0 Å². The van der Waals surface area contributed by atoms with Gasteiger partial charge in [0.25, 0.3) is 0 Å². The Bertz CT molecular complexity index is 514. The molecule has 0 fully saturated rings. The van der Waals surface area contributed by atoms with Gasteiger partial charge < -0.3 is 5.32 Å². The third kappa shape index (κ3) is 4.38. The summed E-state index contributed by atoms with van der Waals surface area (Å²) in [7, 11) is 0. The number of nitrogens with one attached hydrogen (secondary N) is 1. The Morgan fingerprint density at radius 3 is 2.89 bits per heavy atom. The van der Waals surface area contributed by atoms with Crippen LogP contribution < -0.4 is 5.32 Å². The van der Waals surface area contributed by atoms with Crippen molar-refractivity contribution in [3.63, 3.8) is 0 Å². The molecule has 2 heterocycles. The van der Waals surface area contributed by atoms with Crippen molar-refractivity contribution in [1.82, 2.24) is 10.3 Å². The van der Waals surface area contributed by atoms with Crippen molar-refractivity contribution in [2.75, 3.05) is 6.54 Å². The number of nitrogens with zero attached hydrogens (tertiary/aromatic N) is 1. The van der Waals surface area contributed by atoms with Crippen LogP contribution in [-0.4, -0.2) is 11.5 Å². The second-order valence-corrected chi connectivity index (χ2v) is 7.11. The van der Waals surface area contributed by atoms with E-state index in [9.17, 15) is 0 Å². The van der Waals surface area contributed by atoms with Crippen molar-refractivity contribution in [3.8, 4) is 0 Å². The molecule has 1 N–H and O–H groups in total. The molecule has 2 aromatic heterocycles. The Kier molecular flexibility index (Phi) is 6.01. The van der Waals surface area contributed by atoms with E-state index in [-0.39, 0.29) is 6.04 Å². The Balaban J connectivity index is 2.20. The fourth-order valence-corrected chi connectivity index (χ4v) is 3.91. The van der Waals surface area contributed by atoms with E-state index in [1.165, 1.54) is 4.88 Å². The molecule has 0 saturated carbocycles. The Labute approximate surface area is 134 Å². The molecule has 0 bridgehead atoms. The molecule has 2 rings (SSSR count). The minimum Gasteiger partial charge on any atom is -0.308 e. The van der Waals surface area contributed by atoms with Gasteiger partial charge in [-0.25, -0.2) is 0 Å². The maximum atomic E-state index is 4.56. The van der Waals surface area contributed by atoms with Gasteiger partial charge in [0.05, 0.1) is 11.7 Å². The average molecular weight is 404 g/mol. The zero-order valence-electron chi connectivity index (χ0n) is 10.7. The highest BCUT2D eigenvalue weighted by atomic mass is 79.9. The number of hydrogen-bond donors (Lipinski definition) is 1. The largest absolute Gasteiger partial charge is 0.308 e. The van der Waals surface area contributed by atoms with Gasteiger partial charge >= 0.3 is 0 Å². The number of hydrogen-bond acceptors (Lipinski definition) is 3. The van der Waals surface area contributed by atoms with Crippen LogP contribution in [-0.2, 0) is 6.42 Å². The maximum absolute atomic E-state index is 4.56. The molecule has 0 aromatic carbocycles. The van der Waals surface area contributed by atoms with Gasteiger partial charge in [-0.3, -0.25) is 4.98 Å². The minimum absolute atomic E-state index is 0.251.